The molecule has 0 saturated heterocycles. The third-order valence-corrected chi connectivity index (χ3v) is 1.52. The van der Waals surface area contributed by atoms with E-state index < -0.39 is 24.1 Å². The van der Waals surface area contributed by atoms with Gasteiger partial charge in [-0.25, -0.2) is 4.79 Å². The molecule has 0 fully saturated rings. The Bertz CT molecular complexity index is 368. The largest absolute Gasteiger partial charge is 0.427 e. The lowest BCUT2D eigenvalue weighted by Gasteiger charge is -2.15. The van der Waals surface area contributed by atoms with E-state index in [1.54, 1.807) is 20.8 Å². The van der Waals surface area contributed by atoms with E-state index in [1.807, 2.05) is 0 Å². The van der Waals surface area contributed by atoms with Crippen LogP contribution in [0.4, 0.5) is 0 Å². The highest BCUT2D eigenvalue weighted by atomic mass is 16.7. The molecule has 1 rings (SSSR count). The van der Waals surface area contributed by atoms with Crippen LogP contribution in [-0.4, -0.2) is 39.4 Å². The summed E-state index contributed by atoms with van der Waals surface area (Å²) in [6, 6.07) is 0. The van der Waals surface area contributed by atoms with Gasteiger partial charge in [-0.2, -0.15) is 5.21 Å². The smallest absolute Gasteiger partial charge is 0.383 e. The molecule has 0 bridgehead atoms. The van der Waals surface area contributed by atoms with E-state index in [0.717, 1.165) is 0 Å². The molecule has 1 aromatic heterocycles. The van der Waals surface area contributed by atoms with Gasteiger partial charge in [-0.1, -0.05) is 0 Å². The molecule has 8 nitrogen and oxygen atoms in total. The minimum absolute atomic E-state index is 0.216. The Morgan fingerprint density at radius 2 is 2.00 bits per heavy atom. The fourth-order valence-electron chi connectivity index (χ4n) is 0.666. The van der Waals surface area contributed by atoms with E-state index in [2.05, 4.69) is 25.4 Å². The number of nitrogens with one attached hydrogen (secondary N) is 1. The molecular weight excluding hydrogens is 216 g/mol. The number of nitrogens with zero attached hydrogens (tertiary/aromatic N) is 3. The van der Waals surface area contributed by atoms with Crippen LogP contribution in [0.2, 0.25) is 0 Å². The number of carbonyl (C=O) groups excluding carboxylic acids is 2. The molecule has 0 radical (unpaired) electrons. The second-order valence-corrected chi connectivity index (χ2v) is 3.97. The van der Waals surface area contributed by atoms with Crippen molar-refractivity contribution in [2.75, 3.05) is 6.79 Å². The summed E-state index contributed by atoms with van der Waals surface area (Å²) < 4.78 is 9.29. The van der Waals surface area contributed by atoms with Crippen molar-refractivity contribution in [3.05, 3.63) is 5.82 Å². The fourth-order valence-corrected chi connectivity index (χ4v) is 0.666. The Hall–Kier alpha value is -1.99. The summed E-state index contributed by atoms with van der Waals surface area (Å²) in [4.78, 5) is 22.4. The van der Waals surface area contributed by atoms with Crippen LogP contribution in [0.25, 0.3) is 0 Å². The second-order valence-electron chi connectivity index (χ2n) is 3.97. The third-order valence-electron chi connectivity index (χ3n) is 1.52. The van der Waals surface area contributed by atoms with Crippen LogP contribution >= 0.6 is 0 Å². The Morgan fingerprint density at radius 1 is 1.31 bits per heavy atom. The number of esters is 2. The zero-order valence-corrected chi connectivity index (χ0v) is 9.18. The van der Waals surface area contributed by atoms with Gasteiger partial charge >= 0.3 is 11.9 Å². The highest BCUT2D eigenvalue weighted by molar-refractivity contribution is 5.84. The van der Waals surface area contributed by atoms with Gasteiger partial charge in [0, 0.05) is 0 Å². The summed E-state index contributed by atoms with van der Waals surface area (Å²) in [7, 11) is 0. The highest BCUT2D eigenvalue weighted by Gasteiger charge is 2.23. The monoisotopic (exact) mass is 228 g/mol. The topological polar surface area (TPSA) is 107 Å². The van der Waals surface area contributed by atoms with E-state index in [9.17, 15) is 9.59 Å². The molecule has 8 heteroatoms. The molecule has 0 aromatic carbocycles. The maximum Gasteiger partial charge on any atom is 0.383 e. The normalized spacial score (nSPS) is 10.9. The highest BCUT2D eigenvalue weighted by Crippen LogP contribution is 2.14. The van der Waals surface area contributed by atoms with Crippen molar-refractivity contribution in [3.8, 4) is 0 Å². The van der Waals surface area contributed by atoms with E-state index in [4.69, 9.17) is 4.74 Å². The molecule has 88 valence electrons. The molecule has 16 heavy (non-hydrogen) atoms. The van der Waals surface area contributed by atoms with Crippen molar-refractivity contribution >= 4 is 11.9 Å². The first kappa shape index (κ1) is 12.1. The summed E-state index contributed by atoms with van der Waals surface area (Å²) in [6.07, 6.45) is 0. The van der Waals surface area contributed by atoms with Gasteiger partial charge in [0.25, 0.3) is 5.82 Å². The van der Waals surface area contributed by atoms with E-state index >= 15 is 0 Å². The van der Waals surface area contributed by atoms with Crippen molar-refractivity contribution in [2.45, 2.75) is 20.8 Å². The summed E-state index contributed by atoms with van der Waals surface area (Å²) >= 11 is 0. The molecule has 1 heterocycles. The lowest BCUT2D eigenvalue weighted by atomic mass is 9.98. The van der Waals surface area contributed by atoms with Crippen LogP contribution in [-0.2, 0) is 14.3 Å². The van der Waals surface area contributed by atoms with E-state index in [-0.39, 0.29) is 5.82 Å². The van der Waals surface area contributed by atoms with E-state index in [1.165, 1.54) is 0 Å². The molecule has 0 spiro atoms. The van der Waals surface area contributed by atoms with Crippen LogP contribution in [0.1, 0.15) is 31.4 Å². The Balaban J connectivity index is 2.32. The van der Waals surface area contributed by atoms with Crippen LogP contribution in [0.3, 0.4) is 0 Å². The van der Waals surface area contributed by atoms with Crippen molar-refractivity contribution < 1.29 is 19.1 Å². The average Bonchev–Trinajstić information content (AvgIpc) is 2.68. The number of ether oxygens (including phenoxy) is 2. The standard InChI is InChI=1S/C8H12N4O4/c1-8(2,3)7(14)16-4-15-6(13)5-9-11-12-10-5/h4H2,1-3H3,(H,9,10,11,12). The lowest BCUT2D eigenvalue weighted by Crippen LogP contribution is -2.24. The fraction of sp³-hybridized carbons (Fsp3) is 0.625. The van der Waals surface area contributed by atoms with Crippen molar-refractivity contribution in [1.29, 1.82) is 0 Å². The zero-order chi connectivity index (χ0) is 12.2. The van der Waals surface area contributed by atoms with Gasteiger partial charge in [0.05, 0.1) is 5.41 Å². The van der Waals surface area contributed by atoms with Gasteiger partial charge in [-0.3, -0.25) is 4.79 Å². The quantitative estimate of drug-likeness (QED) is 0.568. The lowest BCUT2D eigenvalue weighted by molar-refractivity contribution is -0.161. The summed E-state index contributed by atoms with van der Waals surface area (Å²) in [5, 5.41) is 12.1. The van der Waals surface area contributed by atoms with Gasteiger partial charge in [0.1, 0.15) is 0 Å². The summed E-state index contributed by atoms with van der Waals surface area (Å²) in [6.45, 7) is 4.60. The number of tetrazole rings is 1. The zero-order valence-electron chi connectivity index (χ0n) is 9.18. The Labute approximate surface area is 91.3 Å². The van der Waals surface area contributed by atoms with Crippen LogP contribution in [0.5, 0.6) is 0 Å². The van der Waals surface area contributed by atoms with Crippen molar-refractivity contribution in [3.63, 3.8) is 0 Å². The first-order valence-corrected chi connectivity index (χ1v) is 4.49. The number of aromatic nitrogens is 4. The molecule has 1 N–H and O–H groups in total. The number of hydrogen-bond acceptors (Lipinski definition) is 7. The van der Waals surface area contributed by atoms with Gasteiger partial charge in [0.15, 0.2) is 0 Å². The SMILES string of the molecule is CC(C)(C)C(=O)OCOC(=O)c1nn[nH]n1. The van der Waals surface area contributed by atoms with Crippen LogP contribution in [0.15, 0.2) is 0 Å². The predicted octanol–water partition coefficient (Wildman–Crippen LogP) is -0.0967. The maximum absolute atomic E-state index is 11.3. The molecule has 0 atom stereocenters. The number of rotatable bonds is 3. The number of aromatic amines is 1. The minimum atomic E-state index is -0.810. The van der Waals surface area contributed by atoms with Crippen LogP contribution in [0, 0.1) is 5.41 Å². The van der Waals surface area contributed by atoms with Crippen molar-refractivity contribution in [2.24, 2.45) is 5.41 Å². The Morgan fingerprint density at radius 3 is 2.50 bits per heavy atom. The van der Waals surface area contributed by atoms with Gasteiger partial charge in [-0.15, -0.1) is 10.2 Å². The van der Waals surface area contributed by atoms with Gasteiger partial charge in [0.2, 0.25) is 6.79 Å². The molecule has 0 aliphatic carbocycles. The Kier molecular flexibility index (Phi) is 3.54. The number of hydrogen-bond donors (Lipinski definition) is 1. The first-order valence-electron chi connectivity index (χ1n) is 4.49. The molecule has 1 aromatic rings. The van der Waals surface area contributed by atoms with Crippen LogP contribution < -0.4 is 0 Å². The average molecular weight is 228 g/mol. The minimum Gasteiger partial charge on any atom is -0.427 e. The summed E-state index contributed by atoms with van der Waals surface area (Å²) in [5.41, 5.74) is -0.640. The number of carbonyl (C=O) groups is 2. The maximum atomic E-state index is 11.3. The third kappa shape index (κ3) is 3.30. The molecule has 0 aliphatic heterocycles. The molecule has 0 unspecified atom stereocenters. The summed E-state index contributed by atoms with van der Waals surface area (Å²) in [5.74, 6) is -1.49. The molecule has 0 amide bonds. The van der Waals surface area contributed by atoms with Gasteiger partial charge < -0.3 is 9.47 Å². The molecule has 0 aliphatic rings. The van der Waals surface area contributed by atoms with Crippen molar-refractivity contribution in [1.82, 2.24) is 20.6 Å². The van der Waals surface area contributed by atoms with E-state index in [0.29, 0.717) is 0 Å². The number of H-pyrrole nitrogens is 1. The predicted molar refractivity (Wildman–Crippen MR) is 50.0 cm³/mol. The molecular formula is C8H12N4O4. The molecule has 0 saturated carbocycles. The van der Waals surface area contributed by atoms with Gasteiger partial charge in [-0.05, 0) is 26.0 Å². The first-order chi connectivity index (χ1) is 7.41. The second kappa shape index (κ2) is 4.69.